The molecule has 1 aliphatic rings. The summed E-state index contributed by atoms with van der Waals surface area (Å²) in [7, 11) is 0. The van der Waals surface area contributed by atoms with Crippen LogP contribution in [0.15, 0.2) is 23.5 Å². The number of imidazole rings is 2. The van der Waals surface area contributed by atoms with Crippen molar-refractivity contribution in [3.63, 3.8) is 0 Å². The third-order valence-corrected chi connectivity index (χ3v) is 4.19. The van der Waals surface area contributed by atoms with Crippen LogP contribution in [0.4, 0.5) is 5.95 Å². The number of nitrogens with one attached hydrogen (secondary N) is 1. The third kappa shape index (κ3) is 2.05. The van der Waals surface area contributed by atoms with E-state index >= 15 is 0 Å². The second kappa shape index (κ2) is 4.94. The van der Waals surface area contributed by atoms with Gasteiger partial charge in [-0.2, -0.15) is 0 Å². The molecule has 0 saturated carbocycles. The van der Waals surface area contributed by atoms with Crippen LogP contribution in [0.2, 0.25) is 0 Å². The zero-order valence-electron chi connectivity index (χ0n) is 13.4. The first-order valence-electron chi connectivity index (χ1n) is 7.80. The van der Waals surface area contributed by atoms with E-state index in [2.05, 4.69) is 26.8 Å². The minimum absolute atomic E-state index is 0.0261. The van der Waals surface area contributed by atoms with Crippen LogP contribution in [0, 0.1) is 5.92 Å². The van der Waals surface area contributed by atoms with E-state index in [0.29, 0.717) is 17.5 Å². The first-order chi connectivity index (χ1) is 11.1. The molecule has 0 unspecified atom stereocenters. The summed E-state index contributed by atoms with van der Waals surface area (Å²) in [5, 5.41) is 4.72. The Balaban J connectivity index is 1.97. The molecular formula is C15H19N7O. The molecule has 0 radical (unpaired) electrons. The highest BCUT2D eigenvalue weighted by Crippen LogP contribution is 2.25. The lowest BCUT2D eigenvalue weighted by Crippen LogP contribution is -2.48. The highest BCUT2D eigenvalue weighted by atomic mass is 16.1. The average Bonchev–Trinajstić information content (AvgIpc) is 3.11. The van der Waals surface area contributed by atoms with E-state index in [1.165, 1.54) is 0 Å². The standard InChI is InChI=1S/C15H19N7O/c1-9(2)21-14(23)13-17-5-12(11-4-16-8-18-11)22(13)19-15(21)20-6-10(3)7-20/h4-5,8-10H,6-7H2,1-3H3,(H,16,18). The molecule has 1 aliphatic heterocycles. The normalized spacial score (nSPS) is 15.6. The Bertz CT molecular complexity index is 900. The van der Waals surface area contributed by atoms with Crippen LogP contribution in [-0.4, -0.2) is 42.2 Å². The van der Waals surface area contributed by atoms with E-state index in [9.17, 15) is 4.79 Å². The molecule has 0 spiro atoms. The van der Waals surface area contributed by atoms with Crippen molar-refractivity contribution in [2.45, 2.75) is 26.8 Å². The van der Waals surface area contributed by atoms with Crippen molar-refractivity contribution >= 4 is 11.6 Å². The van der Waals surface area contributed by atoms with Gasteiger partial charge in [0.05, 0.1) is 24.4 Å². The maximum Gasteiger partial charge on any atom is 0.298 e. The van der Waals surface area contributed by atoms with Gasteiger partial charge >= 0.3 is 0 Å². The zero-order valence-corrected chi connectivity index (χ0v) is 13.4. The van der Waals surface area contributed by atoms with Gasteiger partial charge < -0.3 is 9.88 Å². The number of hydrogen-bond acceptors (Lipinski definition) is 5. The second-order valence-electron chi connectivity index (χ2n) is 6.42. The van der Waals surface area contributed by atoms with Gasteiger partial charge in [-0.3, -0.25) is 9.36 Å². The van der Waals surface area contributed by atoms with Gasteiger partial charge in [-0.05, 0) is 19.8 Å². The van der Waals surface area contributed by atoms with Gasteiger partial charge in [-0.15, -0.1) is 5.10 Å². The summed E-state index contributed by atoms with van der Waals surface area (Å²) in [6, 6.07) is 0.0261. The van der Waals surface area contributed by atoms with Crippen LogP contribution in [0.5, 0.6) is 0 Å². The fourth-order valence-corrected chi connectivity index (χ4v) is 3.05. The van der Waals surface area contributed by atoms with E-state index in [1.807, 2.05) is 13.8 Å². The molecule has 1 N–H and O–H groups in total. The number of hydrogen-bond donors (Lipinski definition) is 1. The molecular weight excluding hydrogens is 294 g/mol. The van der Waals surface area contributed by atoms with Gasteiger partial charge in [0, 0.05) is 19.1 Å². The van der Waals surface area contributed by atoms with Gasteiger partial charge in [0.25, 0.3) is 5.56 Å². The lowest BCUT2D eigenvalue weighted by Gasteiger charge is -2.39. The maximum absolute atomic E-state index is 12.9. The maximum atomic E-state index is 12.9. The Hall–Kier alpha value is -2.64. The molecule has 120 valence electrons. The second-order valence-corrected chi connectivity index (χ2v) is 6.42. The molecule has 8 nitrogen and oxygen atoms in total. The van der Waals surface area contributed by atoms with Gasteiger partial charge in [0.2, 0.25) is 11.6 Å². The lowest BCUT2D eigenvalue weighted by molar-refractivity contribution is 0.416. The first kappa shape index (κ1) is 14.0. The summed E-state index contributed by atoms with van der Waals surface area (Å²) in [4.78, 5) is 26.4. The van der Waals surface area contributed by atoms with Crippen LogP contribution in [0.25, 0.3) is 17.0 Å². The van der Waals surface area contributed by atoms with Gasteiger partial charge in [-0.1, -0.05) is 6.92 Å². The summed E-state index contributed by atoms with van der Waals surface area (Å²) in [5.41, 5.74) is 1.74. The van der Waals surface area contributed by atoms with E-state index < -0.39 is 0 Å². The van der Waals surface area contributed by atoms with Gasteiger partial charge in [-0.25, -0.2) is 14.5 Å². The number of anilines is 1. The molecule has 3 aromatic rings. The lowest BCUT2D eigenvalue weighted by atomic mass is 10.0. The minimum Gasteiger partial charge on any atom is -0.343 e. The fourth-order valence-electron chi connectivity index (χ4n) is 3.05. The van der Waals surface area contributed by atoms with E-state index in [-0.39, 0.29) is 11.6 Å². The highest BCUT2D eigenvalue weighted by Gasteiger charge is 2.29. The van der Waals surface area contributed by atoms with Crippen molar-refractivity contribution in [2.24, 2.45) is 5.92 Å². The topological polar surface area (TPSA) is 84.1 Å². The van der Waals surface area contributed by atoms with E-state index in [4.69, 9.17) is 5.10 Å². The summed E-state index contributed by atoms with van der Waals surface area (Å²) in [6.07, 6.45) is 4.96. The zero-order chi connectivity index (χ0) is 16.1. The van der Waals surface area contributed by atoms with Crippen LogP contribution in [0.3, 0.4) is 0 Å². The molecule has 0 aliphatic carbocycles. The van der Waals surface area contributed by atoms with Crippen molar-refractivity contribution in [3.05, 3.63) is 29.1 Å². The number of H-pyrrole nitrogens is 1. The van der Waals surface area contributed by atoms with Crippen molar-refractivity contribution in [1.29, 1.82) is 0 Å². The average molecular weight is 313 g/mol. The molecule has 0 amide bonds. The summed E-state index contributed by atoms with van der Waals surface area (Å²) < 4.78 is 3.35. The van der Waals surface area contributed by atoms with Crippen molar-refractivity contribution in [3.8, 4) is 11.4 Å². The molecule has 8 heteroatoms. The monoisotopic (exact) mass is 313 g/mol. The van der Waals surface area contributed by atoms with Gasteiger partial charge in [0.15, 0.2) is 0 Å². The minimum atomic E-state index is -0.115. The number of aromatic amines is 1. The molecule has 0 bridgehead atoms. The van der Waals surface area contributed by atoms with Crippen molar-refractivity contribution in [1.82, 2.24) is 29.1 Å². The smallest absolute Gasteiger partial charge is 0.298 e. The quantitative estimate of drug-likeness (QED) is 0.788. The van der Waals surface area contributed by atoms with Crippen molar-refractivity contribution in [2.75, 3.05) is 18.0 Å². The Kier molecular flexibility index (Phi) is 3.00. The van der Waals surface area contributed by atoms with E-state index in [1.54, 1.807) is 27.8 Å². The number of nitrogens with zero attached hydrogens (tertiary/aromatic N) is 6. The largest absolute Gasteiger partial charge is 0.343 e. The number of rotatable bonds is 3. The number of aromatic nitrogens is 6. The molecule has 4 heterocycles. The van der Waals surface area contributed by atoms with Crippen molar-refractivity contribution < 1.29 is 0 Å². The predicted octanol–water partition coefficient (Wildman–Crippen LogP) is 1.32. The van der Waals surface area contributed by atoms with E-state index in [0.717, 1.165) is 24.5 Å². The Morgan fingerprint density at radius 2 is 2.09 bits per heavy atom. The van der Waals surface area contributed by atoms with Crippen LogP contribution in [0.1, 0.15) is 26.8 Å². The first-order valence-corrected chi connectivity index (χ1v) is 7.80. The van der Waals surface area contributed by atoms with Crippen LogP contribution in [-0.2, 0) is 0 Å². The summed E-state index contributed by atoms with van der Waals surface area (Å²) >= 11 is 0. The molecule has 3 aromatic heterocycles. The molecule has 0 aromatic carbocycles. The third-order valence-electron chi connectivity index (χ3n) is 4.19. The molecule has 1 saturated heterocycles. The van der Waals surface area contributed by atoms with Crippen LogP contribution >= 0.6 is 0 Å². The fraction of sp³-hybridized carbons (Fsp3) is 0.467. The summed E-state index contributed by atoms with van der Waals surface area (Å²) in [6.45, 7) is 8.01. The Morgan fingerprint density at radius 3 is 2.70 bits per heavy atom. The van der Waals surface area contributed by atoms with Gasteiger partial charge in [0.1, 0.15) is 5.69 Å². The molecule has 23 heavy (non-hydrogen) atoms. The predicted molar refractivity (Wildman–Crippen MR) is 86.6 cm³/mol. The molecule has 4 rings (SSSR count). The Morgan fingerprint density at radius 1 is 1.30 bits per heavy atom. The molecule has 1 fully saturated rings. The molecule has 0 atom stereocenters. The summed E-state index contributed by atoms with van der Waals surface area (Å²) in [5.74, 6) is 1.33. The highest BCUT2D eigenvalue weighted by molar-refractivity contribution is 5.58. The number of fused-ring (bicyclic) bond motifs is 1. The van der Waals surface area contributed by atoms with Crippen LogP contribution < -0.4 is 10.5 Å². The Labute approximate surface area is 132 Å². The SMILES string of the molecule is CC1CN(c2nn3c(-c4cnc[nH]4)cnc3c(=O)n2C(C)C)C1.